The van der Waals surface area contributed by atoms with Crippen molar-refractivity contribution in [1.82, 2.24) is 9.88 Å². The Hall–Kier alpha value is -3.24. The molecule has 4 rings (SSSR count). The van der Waals surface area contributed by atoms with E-state index >= 15 is 0 Å². The lowest BCUT2D eigenvalue weighted by Gasteiger charge is -2.21. The Morgan fingerprint density at radius 2 is 1.73 bits per heavy atom. The fraction of sp³-hybridized carbons (Fsp3) is 0.304. The molecule has 172 valence electrons. The minimum Gasteiger partial charge on any atom is -0.309 e. The average Bonchev–Trinajstić information content (AvgIpc) is 3.33. The molecule has 1 aromatic heterocycles. The summed E-state index contributed by atoms with van der Waals surface area (Å²) in [5.41, 5.74) is 0.757. The third kappa shape index (κ3) is 4.76. The Morgan fingerprint density at radius 1 is 1.06 bits per heavy atom. The predicted octanol–water partition coefficient (Wildman–Crippen LogP) is 3.83. The van der Waals surface area contributed by atoms with Crippen LogP contribution in [-0.4, -0.2) is 54.8 Å². The monoisotopic (exact) mass is 472 g/mol. The Morgan fingerprint density at radius 3 is 2.36 bits per heavy atom. The second-order valence-electron chi connectivity index (χ2n) is 8.01. The first-order valence-corrected chi connectivity index (χ1v) is 11.2. The molecule has 2 heterocycles. The molecule has 3 aromatic rings. The van der Waals surface area contributed by atoms with Crippen LogP contribution in [0.25, 0.3) is 10.2 Å². The number of anilines is 2. The topological polar surface area (TPSA) is 73.8 Å². The number of benzene rings is 2. The molecular weight excluding hydrogens is 450 g/mol. The minimum absolute atomic E-state index is 0.0169. The lowest BCUT2D eigenvalue weighted by Crippen LogP contribution is -2.33. The van der Waals surface area contributed by atoms with Gasteiger partial charge in [0, 0.05) is 31.0 Å². The molecule has 1 aliphatic rings. The number of carbonyl (C=O) groups is 3. The molecule has 1 saturated heterocycles. The lowest BCUT2D eigenvalue weighted by atomic mass is 10.1. The van der Waals surface area contributed by atoms with Crippen molar-refractivity contribution in [3.8, 4) is 0 Å². The van der Waals surface area contributed by atoms with Crippen LogP contribution in [0.2, 0.25) is 0 Å². The highest BCUT2D eigenvalue weighted by molar-refractivity contribution is 7.22. The molecule has 3 amide bonds. The normalized spacial score (nSPS) is 14.0. The molecule has 10 heteroatoms. The maximum absolute atomic E-state index is 14.2. The average molecular weight is 473 g/mol. The summed E-state index contributed by atoms with van der Waals surface area (Å²) in [7, 11) is 3.84. The van der Waals surface area contributed by atoms with Crippen molar-refractivity contribution >= 4 is 50.1 Å². The molecule has 0 bridgehead atoms. The van der Waals surface area contributed by atoms with E-state index in [1.807, 2.05) is 19.0 Å². The molecule has 0 saturated carbocycles. The Labute approximate surface area is 193 Å². The van der Waals surface area contributed by atoms with Crippen LogP contribution in [0.15, 0.2) is 36.4 Å². The summed E-state index contributed by atoms with van der Waals surface area (Å²) in [5.74, 6) is -2.39. The Kier molecular flexibility index (Phi) is 6.48. The van der Waals surface area contributed by atoms with Gasteiger partial charge in [0.1, 0.15) is 11.3 Å². The molecule has 0 unspecified atom stereocenters. The number of hydrogen-bond acceptors (Lipinski definition) is 6. The number of fused-ring (bicyclic) bond motifs is 1. The van der Waals surface area contributed by atoms with Crippen molar-refractivity contribution in [3.63, 3.8) is 0 Å². The van der Waals surface area contributed by atoms with Crippen molar-refractivity contribution in [1.29, 1.82) is 0 Å². The second kappa shape index (κ2) is 9.32. The quantitative estimate of drug-likeness (QED) is 0.489. The zero-order valence-corrected chi connectivity index (χ0v) is 19.0. The molecule has 0 radical (unpaired) electrons. The van der Waals surface area contributed by atoms with Gasteiger partial charge in [-0.3, -0.25) is 24.2 Å². The number of thiazole rings is 1. The summed E-state index contributed by atoms with van der Waals surface area (Å²) in [6, 6.07) is 8.16. The first-order valence-electron chi connectivity index (χ1n) is 10.4. The van der Waals surface area contributed by atoms with Crippen molar-refractivity contribution in [2.24, 2.45) is 0 Å². The van der Waals surface area contributed by atoms with Crippen LogP contribution in [0.3, 0.4) is 0 Å². The SMILES string of the molecule is CN(C)CCCN(C(=O)c1ccc(N2C(=O)CCC2=O)cc1)c1nc2c(F)cc(F)cc2s1. The summed E-state index contributed by atoms with van der Waals surface area (Å²) in [6.45, 7) is 1.04. The highest BCUT2D eigenvalue weighted by Crippen LogP contribution is 2.32. The first-order chi connectivity index (χ1) is 15.7. The third-order valence-corrected chi connectivity index (χ3v) is 6.31. The summed E-state index contributed by atoms with van der Waals surface area (Å²) >= 11 is 1.04. The zero-order valence-electron chi connectivity index (χ0n) is 18.2. The molecule has 2 aromatic carbocycles. The third-order valence-electron chi connectivity index (χ3n) is 5.29. The van der Waals surface area contributed by atoms with Crippen LogP contribution in [0.4, 0.5) is 19.6 Å². The molecule has 0 atom stereocenters. The summed E-state index contributed by atoms with van der Waals surface area (Å²) in [4.78, 5) is 46.1. The van der Waals surface area contributed by atoms with E-state index < -0.39 is 11.6 Å². The molecule has 0 aliphatic carbocycles. The van der Waals surface area contributed by atoms with Gasteiger partial charge in [-0.15, -0.1) is 0 Å². The number of nitrogens with zero attached hydrogens (tertiary/aromatic N) is 4. The van der Waals surface area contributed by atoms with E-state index in [4.69, 9.17) is 0 Å². The number of imide groups is 1. The molecule has 33 heavy (non-hydrogen) atoms. The highest BCUT2D eigenvalue weighted by Gasteiger charge is 2.30. The molecule has 1 fully saturated rings. The van der Waals surface area contributed by atoms with Crippen molar-refractivity contribution in [3.05, 3.63) is 53.6 Å². The first kappa shape index (κ1) is 22.9. The van der Waals surface area contributed by atoms with Gasteiger partial charge in [-0.25, -0.2) is 13.8 Å². The van der Waals surface area contributed by atoms with Crippen LogP contribution < -0.4 is 9.80 Å². The fourth-order valence-corrected chi connectivity index (χ4v) is 4.69. The van der Waals surface area contributed by atoms with Gasteiger partial charge in [-0.05, 0) is 57.4 Å². The van der Waals surface area contributed by atoms with Gasteiger partial charge in [0.05, 0.1) is 10.4 Å². The van der Waals surface area contributed by atoms with E-state index in [2.05, 4.69) is 4.98 Å². The van der Waals surface area contributed by atoms with Gasteiger partial charge in [-0.2, -0.15) is 0 Å². The van der Waals surface area contributed by atoms with Gasteiger partial charge in [-0.1, -0.05) is 11.3 Å². The van der Waals surface area contributed by atoms with Crippen LogP contribution in [0.5, 0.6) is 0 Å². The lowest BCUT2D eigenvalue weighted by molar-refractivity contribution is -0.121. The smallest absolute Gasteiger partial charge is 0.260 e. The highest BCUT2D eigenvalue weighted by atomic mass is 32.1. The zero-order chi connectivity index (χ0) is 23.7. The van der Waals surface area contributed by atoms with E-state index in [-0.39, 0.29) is 41.2 Å². The molecule has 0 N–H and O–H groups in total. The number of halogens is 2. The summed E-state index contributed by atoms with van der Waals surface area (Å²) in [6.07, 6.45) is 0.988. The number of hydrogen-bond donors (Lipinski definition) is 0. The van der Waals surface area contributed by atoms with E-state index in [1.54, 1.807) is 24.3 Å². The maximum Gasteiger partial charge on any atom is 0.260 e. The number of carbonyl (C=O) groups excluding carboxylic acids is 3. The van der Waals surface area contributed by atoms with Crippen LogP contribution in [0.1, 0.15) is 29.6 Å². The standard InChI is InChI=1S/C23H22F2N4O3S/c1-27(2)10-3-11-28(23-26-21-17(25)12-15(24)13-18(21)33-23)22(32)14-4-6-16(7-5-14)29-19(30)8-9-20(29)31/h4-7,12-13H,3,8-11H2,1-2H3. The van der Waals surface area contributed by atoms with Gasteiger partial charge < -0.3 is 4.90 Å². The van der Waals surface area contributed by atoms with E-state index in [0.29, 0.717) is 28.9 Å². The molecular formula is C23H22F2N4O3S. The maximum atomic E-state index is 14.2. The van der Waals surface area contributed by atoms with Crippen molar-refractivity contribution in [2.45, 2.75) is 19.3 Å². The van der Waals surface area contributed by atoms with E-state index in [9.17, 15) is 23.2 Å². The van der Waals surface area contributed by atoms with Gasteiger partial charge in [0.25, 0.3) is 5.91 Å². The van der Waals surface area contributed by atoms with Crippen molar-refractivity contribution in [2.75, 3.05) is 37.0 Å². The molecule has 7 nitrogen and oxygen atoms in total. The summed E-state index contributed by atoms with van der Waals surface area (Å²) in [5, 5.41) is 0.271. The fourth-order valence-electron chi connectivity index (χ4n) is 3.66. The number of amides is 3. The van der Waals surface area contributed by atoms with Gasteiger partial charge >= 0.3 is 0 Å². The largest absolute Gasteiger partial charge is 0.309 e. The van der Waals surface area contributed by atoms with Gasteiger partial charge in [0.2, 0.25) is 11.8 Å². The van der Waals surface area contributed by atoms with Crippen LogP contribution >= 0.6 is 11.3 Å². The predicted molar refractivity (Wildman–Crippen MR) is 123 cm³/mol. The van der Waals surface area contributed by atoms with Crippen LogP contribution in [0, 0.1) is 11.6 Å². The number of aromatic nitrogens is 1. The molecule has 1 aliphatic heterocycles. The van der Waals surface area contributed by atoms with Gasteiger partial charge in [0.15, 0.2) is 10.9 Å². The van der Waals surface area contributed by atoms with Crippen LogP contribution in [-0.2, 0) is 9.59 Å². The van der Waals surface area contributed by atoms with Crippen molar-refractivity contribution < 1.29 is 23.2 Å². The number of rotatable bonds is 7. The minimum atomic E-state index is -0.780. The second-order valence-corrected chi connectivity index (χ2v) is 9.02. The van der Waals surface area contributed by atoms with E-state index in [0.717, 1.165) is 28.8 Å². The Balaban J connectivity index is 1.64. The Bertz CT molecular complexity index is 1210. The summed E-state index contributed by atoms with van der Waals surface area (Å²) < 4.78 is 28.2. The molecule has 0 spiro atoms. The van der Waals surface area contributed by atoms with E-state index in [1.165, 1.54) is 11.0 Å².